The van der Waals surface area contributed by atoms with Gasteiger partial charge in [-0.05, 0) is 26.8 Å². The molecule has 0 spiro atoms. The van der Waals surface area contributed by atoms with Gasteiger partial charge in [0.1, 0.15) is 6.33 Å². The molecule has 74 valence electrons. The van der Waals surface area contributed by atoms with Gasteiger partial charge in [-0.3, -0.25) is 4.57 Å². The zero-order valence-electron chi connectivity index (χ0n) is 8.43. The summed E-state index contributed by atoms with van der Waals surface area (Å²) in [5.74, 6) is 0. The summed E-state index contributed by atoms with van der Waals surface area (Å²) in [6.07, 6.45) is 3.17. The third-order valence-corrected chi connectivity index (χ3v) is 2.08. The second-order valence-corrected chi connectivity index (χ2v) is 4.20. The standard InChI is InChI=1S/C9H12N4O/c1-9(2,3)13-5-4-7-11-10-6-12(7)8(13)14/h4-6H,1-3H3. The predicted molar refractivity (Wildman–Crippen MR) is 52.2 cm³/mol. The molecular weight excluding hydrogens is 180 g/mol. The van der Waals surface area contributed by atoms with Gasteiger partial charge in [0.25, 0.3) is 0 Å². The molecule has 0 N–H and O–H groups in total. The number of rotatable bonds is 0. The van der Waals surface area contributed by atoms with E-state index in [-0.39, 0.29) is 11.2 Å². The van der Waals surface area contributed by atoms with Crippen LogP contribution in [0.25, 0.3) is 5.65 Å². The van der Waals surface area contributed by atoms with Crippen LogP contribution in [-0.2, 0) is 5.54 Å². The Labute approximate surface area is 81.0 Å². The minimum atomic E-state index is -0.227. The molecule has 0 aromatic carbocycles. The summed E-state index contributed by atoms with van der Waals surface area (Å²) < 4.78 is 3.09. The van der Waals surface area contributed by atoms with Crippen molar-refractivity contribution in [3.8, 4) is 0 Å². The van der Waals surface area contributed by atoms with Gasteiger partial charge in [0.05, 0.1) is 0 Å². The normalized spacial score (nSPS) is 12.2. The monoisotopic (exact) mass is 192 g/mol. The van der Waals surface area contributed by atoms with Gasteiger partial charge in [-0.1, -0.05) is 0 Å². The first-order chi connectivity index (χ1) is 6.50. The predicted octanol–water partition coefficient (Wildman–Crippen LogP) is 0.646. The average molecular weight is 192 g/mol. The number of nitrogens with zero attached hydrogens (tertiary/aromatic N) is 4. The van der Waals surface area contributed by atoms with Crippen molar-refractivity contribution in [1.82, 2.24) is 19.2 Å². The van der Waals surface area contributed by atoms with Crippen LogP contribution in [0.15, 0.2) is 23.4 Å². The topological polar surface area (TPSA) is 52.2 Å². The van der Waals surface area contributed by atoms with Crippen molar-refractivity contribution in [1.29, 1.82) is 0 Å². The molecule has 0 aliphatic rings. The fraction of sp³-hybridized carbons (Fsp3) is 0.444. The number of hydrogen-bond acceptors (Lipinski definition) is 3. The molecule has 0 bridgehead atoms. The van der Waals surface area contributed by atoms with Crippen molar-refractivity contribution >= 4 is 5.65 Å². The van der Waals surface area contributed by atoms with Crippen LogP contribution in [0.4, 0.5) is 0 Å². The molecule has 0 saturated carbocycles. The van der Waals surface area contributed by atoms with E-state index in [9.17, 15) is 4.79 Å². The molecular formula is C9H12N4O. The number of fused-ring (bicyclic) bond motifs is 1. The number of aromatic nitrogens is 4. The maximum atomic E-state index is 11.9. The molecule has 0 aliphatic heterocycles. The van der Waals surface area contributed by atoms with E-state index in [1.54, 1.807) is 16.8 Å². The number of hydrogen-bond donors (Lipinski definition) is 0. The summed E-state index contributed by atoms with van der Waals surface area (Å²) in [6, 6.07) is 1.78. The lowest BCUT2D eigenvalue weighted by Gasteiger charge is -2.21. The van der Waals surface area contributed by atoms with E-state index in [0.717, 1.165) is 0 Å². The van der Waals surface area contributed by atoms with Crippen LogP contribution in [-0.4, -0.2) is 19.2 Å². The maximum absolute atomic E-state index is 11.9. The van der Waals surface area contributed by atoms with Gasteiger partial charge in [-0.2, -0.15) is 0 Å². The van der Waals surface area contributed by atoms with Crippen LogP contribution in [0, 0.1) is 0 Å². The average Bonchev–Trinajstić information content (AvgIpc) is 2.50. The van der Waals surface area contributed by atoms with Crippen molar-refractivity contribution in [3.05, 3.63) is 29.1 Å². The van der Waals surface area contributed by atoms with Crippen LogP contribution < -0.4 is 5.69 Å². The molecule has 0 saturated heterocycles. The molecule has 5 nitrogen and oxygen atoms in total. The fourth-order valence-corrected chi connectivity index (χ4v) is 1.34. The van der Waals surface area contributed by atoms with Crippen LogP contribution in [0.1, 0.15) is 20.8 Å². The van der Waals surface area contributed by atoms with Gasteiger partial charge in [-0.15, -0.1) is 10.2 Å². The van der Waals surface area contributed by atoms with E-state index < -0.39 is 0 Å². The molecule has 2 aromatic rings. The summed E-state index contributed by atoms with van der Waals surface area (Å²) in [6.45, 7) is 5.93. The van der Waals surface area contributed by atoms with Crippen molar-refractivity contribution in [2.75, 3.05) is 0 Å². The minimum Gasteiger partial charge on any atom is -0.295 e. The van der Waals surface area contributed by atoms with Crippen molar-refractivity contribution in [2.24, 2.45) is 0 Å². The third kappa shape index (κ3) is 1.21. The van der Waals surface area contributed by atoms with Crippen molar-refractivity contribution < 1.29 is 0 Å². The molecule has 0 radical (unpaired) electrons. The highest BCUT2D eigenvalue weighted by Crippen LogP contribution is 2.10. The Morgan fingerprint density at radius 1 is 1.36 bits per heavy atom. The zero-order chi connectivity index (χ0) is 10.3. The molecule has 14 heavy (non-hydrogen) atoms. The molecule has 2 rings (SSSR count). The minimum absolute atomic E-state index is 0.111. The van der Waals surface area contributed by atoms with Crippen LogP contribution in [0.2, 0.25) is 0 Å². The lowest BCUT2D eigenvalue weighted by molar-refractivity contribution is 0.375. The van der Waals surface area contributed by atoms with E-state index in [1.807, 2.05) is 20.8 Å². The lowest BCUT2D eigenvalue weighted by atomic mass is 10.1. The highest BCUT2D eigenvalue weighted by molar-refractivity contribution is 5.33. The quantitative estimate of drug-likeness (QED) is 0.615. The summed E-state index contributed by atoms with van der Waals surface area (Å²) in [4.78, 5) is 11.9. The van der Waals surface area contributed by atoms with Crippen LogP contribution in [0.3, 0.4) is 0 Å². The van der Waals surface area contributed by atoms with Gasteiger partial charge in [0.15, 0.2) is 5.65 Å². The van der Waals surface area contributed by atoms with Gasteiger partial charge in [0.2, 0.25) is 0 Å². The van der Waals surface area contributed by atoms with Gasteiger partial charge in [0, 0.05) is 11.7 Å². The van der Waals surface area contributed by atoms with Gasteiger partial charge < -0.3 is 0 Å². The summed E-state index contributed by atoms with van der Waals surface area (Å²) in [7, 11) is 0. The largest absolute Gasteiger partial charge is 0.335 e. The second kappa shape index (κ2) is 2.67. The molecule has 2 heterocycles. The summed E-state index contributed by atoms with van der Waals surface area (Å²) >= 11 is 0. The molecule has 2 aromatic heterocycles. The lowest BCUT2D eigenvalue weighted by Crippen LogP contribution is -2.36. The SMILES string of the molecule is CC(C)(C)n1ccc2nncn2c1=O. The Morgan fingerprint density at radius 3 is 2.71 bits per heavy atom. The Bertz CT molecular complexity index is 517. The van der Waals surface area contributed by atoms with E-state index in [2.05, 4.69) is 10.2 Å². The Morgan fingerprint density at radius 2 is 2.07 bits per heavy atom. The first-order valence-corrected chi connectivity index (χ1v) is 4.42. The third-order valence-electron chi connectivity index (χ3n) is 2.08. The first kappa shape index (κ1) is 8.93. The van der Waals surface area contributed by atoms with Crippen molar-refractivity contribution in [2.45, 2.75) is 26.3 Å². The smallest absolute Gasteiger partial charge is 0.295 e. The Hall–Kier alpha value is -1.65. The van der Waals surface area contributed by atoms with Crippen LogP contribution in [0.5, 0.6) is 0 Å². The molecule has 0 atom stereocenters. The first-order valence-electron chi connectivity index (χ1n) is 4.42. The zero-order valence-corrected chi connectivity index (χ0v) is 8.43. The maximum Gasteiger partial charge on any atom is 0.335 e. The van der Waals surface area contributed by atoms with E-state index >= 15 is 0 Å². The van der Waals surface area contributed by atoms with E-state index in [1.165, 1.54) is 10.7 Å². The Kier molecular flexibility index (Phi) is 1.70. The molecule has 0 unspecified atom stereocenters. The highest BCUT2D eigenvalue weighted by Gasteiger charge is 2.15. The van der Waals surface area contributed by atoms with E-state index in [4.69, 9.17) is 0 Å². The van der Waals surface area contributed by atoms with E-state index in [0.29, 0.717) is 5.65 Å². The highest BCUT2D eigenvalue weighted by atomic mass is 16.1. The summed E-state index contributed by atoms with van der Waals surface area (Å²) in [5.41, 5.74) is 0.241. The Balaban J connectivity index is 2.81. The fourth-order valence-electron chi connectivity index (χ4n) is 1.34. The molecule has 0 amide bonds. The molecule has 0 aliphatic carbocycles. The van der Waals surface area contributed by atoms with Gasteiger partial charge in [-0.25, -0.2) is 9.20 Å². The molecule has 0 fully saturated rings. The summed E-state index contributed by atoms with van der Waals surface area (Å²) in [5, 5.41) is 7.49. The van der Waals surface area contributed by atoms with Crippen LogP contribution >= 0.6 is 0 Å². The van der Waals surface area contributed by atoms with Crippen molar-refractivity contribution in [3.63, 3.8) is 0 Å². The van der Waals surface area contributed by atoms with Gasteiger partial charge >= 0.3 is 5.69 Å². The second-order valence-electron chi connectivity index (χ2n) is 4.20. The molecule has 5 heteroatoms.